The molecular formula is C24H34N2O3. The number of β-amino-alcohol motifs (C(OH)–C–C–N with tert-alkyl or cyclic N) is 1. The minimum Gasteiger partial charge on any atom is -0.493 e. The van der Waals surface area contributed by atoms with Gasteiger partial charge in [0.15, 0.2) is 11.5 Å². The Hall–Kier alpha value is -2.08. The molecule has 5 heteroatoms. The number of rotatable bonds is 10. The van der Waals surface area contributed by atoms with Crippen LogP contribution in [-0.4, -0.2) is 49.5 Å². The maximum absolute atomic E-state index is 10.4. The molecule has 2 aromatic rings. The zero-order valence-electron chi connectivity index (χ0n) is 17.7. The number of likely N-dealkylation sites (tertiary alicyclic amines) is 1. The fourth-order valence-electron chi connectivity index (χ4n) is 3.80. The Labute approximate surface area is 174 Å². The SMILES string of the molecule is COc1ccc(CNCc2cccc(C)c2)cc1OC[C@@H](O)CN1CCCCC1. The number of ether oxygens (including phenoxy) is 2. The molecule has 1 heterocycles. The molecule has 2 N–H and O–H groups in total. The monoisotopic (exact) mass is 398 g/mol. The van der Waals surface area contributed by atoms with Gasteiger partial charge in [0.05, 0.1) is 7.11 Å². The molecule has 2 aromatic carbocycles. The molecule has 29 heavy (non-hydrogen) atoms. The summed E-state index contributed by atoms with van der Waals surface area (Å²) >= 11 is 0. The third-order valence-corrected chi connectivity index (χ3v) is 5.32. The lowest BCUT2D eigenvalue weighted by atomic mass is 10.1. The van der Waals surface area contributed by atoms with Crippen molar-refractivity contribution >= 4 is 0 Å². The van der Waals surface area contributed by atoms with Crippen LogP contribution in [0, 0.1) is 6.92 Å². The van der Waals surface area contributed by atoms with Gasteiger partial charge < -0.3 is 24.8 Å². The Kier molecular flexibility index (Phi) is 8.35. The van der Waals surface area contributed by atoms with Gasteiger partial charge >= 0.3 is 0 Å². The van der Waals surface area contributed by atoms with Crippen LogP contribution in [0.25, 0.3) is 0 Å². The highest BCUT2D eigenvalue weighted by Crippen LogP contribution is 2.28. The van der Waals surface area contributed by atoms with Gasteiger partial charge in [0.25, 0.3) is 0 Å². The lowest BCUT2D eigenvalue weighted by Crippen LogP contribution is -2.38. The number of piperidine rings is 1. The van der Waals surface area contributed by atoms with Crippen molar-refractivity contribution in [3.05, 3.63) is 59.2 Å². The molecule has 1 aliphatic rings. The molecule has 1 atom stereocenters. The maximum Gasteiger partial charge on any atom is 0.161 e. The first-order valence-corrected chi connectivity index (χ1v) is 10.6. The van der Waals surface area contributed by atoms with Gasteiger partial charge in [0, 0.05) is 19.6 Å². The largest absolute Gasteiger partial charge is 0.493 e. The summed E-state index contributed by atoms with van der Waals surface area (Å²) in [7, 11) is 1.64. The molecule has 158 valence electrons. The average molecular weight is 399 g/mol. The number of aryl methyl sites for hydroxylation is 1. The highest BCUT2D eigenvalue weighted by atomic mass is 16.5. The van der Waals surface area contributed by atoms with Gasteiger partial charge in [-0.25, -0.2) is 0 Å². The number of methoxy groups -OCH3 is 1. The molecule has 0 amide bonds. The number of nitrogens with zero attached hydrogens (tertiary/aromatic N) is 1. The van der Waals surface area contributed by atoms with Crippen molar-refractivity contribution in [2.24, 2.45) is 0 Å². The third-order valence-electron chi connectivity index (χ3n) is 5.32. The molecule has 1 fully saturated rings. The van der Waals surface area contributed by atoms with Crippen LogP contribution in [0.5, 0.6) is 11.5 Å². The zero-order valence-corrected chi connectivity index (χ0v) is 17.7. The van der Waals surface area contributed by atoms with E-state index in [1.165, 1.54) is 30.4 Å². The first kappa shape index (κ1) is 21.6. The molecular weight excluding hydrogens is 364 g/mol. The molecule has 0 aromatic heterocycles. The van der Waals surface area contributed by atoms with Crippen LogP contribution >= 0.6 is 0 Å². The van der Waals surface area contributed by atoms with E-state index in [2.05, 4.69) is 41.4 Å². The maximum atomic E-state index is 10.4. The summed E-state index contributed by atoms with van der Waals surface area (Å²) in [4.78, 5) is 2.32. The third kappa shape index (κ3) is 7.03. The van der Waals surface area contributed by atoms with Crippen molar-refractivity contribution in [2.45, 2.75) is 45.4 Å². The van der Waals surface area contributed by atoms with E-state index in [0.717, 1.165) is 31.7 Å². The summed E-state index contributed by atoms with van der Waals surface area (Å²) in [5, 5.41) is 13.8. The predicted molar refractivity (Wildman–Crippen MR) is 117 cm³/mol. The van der Waals surface area contributed by atoms with E-state index >= 15 is 0 Å². The molecule has 0 bridgehead atoms. The molecule has 1 aliphatic heterocycles. The van der Waals surface area contributed by atoms with Crippen molar-refractivity contribution in [1.29, 1.82) is 0 Å². The number of hydrogen-bond donors (Lipinski definition) is 2. The fraction of sp³-hybridized carbons (Fsp3) is 0.500. The van der Waals surface area contributed by atoms with Crippen LogP contribution in [0.4, 0.5) is 0 Å². The van der Waals surface area contributed by atoms with Gasteiger partial charge in [-0.2, -0.15) is 0 Å². The van der Waals surface area contributed by atoms with E-state index < -0.39 is 6.10 Å². The molecule has 0 unspecified atom stereocenters. The van der Waals surface area contributed by atoms with Crippen LogP contribution in [0.1, 0.15) is 36.0 Å². The number of benzene rings is 2. The second-order valence-corrected chi connectivity index (χ2v) is 7.90. The summed E-state index contributed by atoms with van der Waals surface area (Å²) in [5.74, 6) is 1.37. The number of aliphatic hydroxyl groups is 1. The van der Waals surface area contributed by atoms with Crippen molar-refractivity contribution in [3.63, 3.8) is 0 Å². The minimum atomic E-state index is -0.499. The fourth-order valence-corrected chi connectivity index (χ4v) is 3.80. The smallest absolute Gasteiger partial charge is 0.161 e. The van der Waals surface area contributed by atoms with Gasteiger partial charge in [-0.1, -0.05) is 42.3 Å². The second kappa shape index (κ2) is 11.2. The molecule has 1 saturated heterocycles. The van der Waals surface area contributed by atoms with Crippen LogP contribution in [0.15, 0.2) is 42.5 Å². The minimum absolute atomic E-state index is 0.271. The highest BCUT2D eigenvalue weighted by molar-refractivity contribution is 5.43. The number of nitrogens with one attached hydrogen (secondary N) is 1. The van der Waals surface area contributed by atoms with E-state index in [1.807, 2.05) is 18.2 Å². The summed E-state index contributed by atoms with van der Waals surface area (Å²) < 4.78 is 11.4. The normalized spacial score (nSPS) is 15.8. The van der Waals surface area contributed by atoms with E-state index in [4.69, 9.17) is 9.47 Å². The molecule has 5 nitrogen and oxygen atoms in total. The average Bonchev–Trinajstić information content (AvgIpc) is 2.73. The number of hydrogen-bond acceptors (Lipinski definition) is 5. The van der Waals surface area contributed by atoms with E-state index in [0.29, 0.717) is 18.0 Å². The van der Waals surface area contributed by atoms with Gasteiger partial charge in [-0.15, -0.1) is 0 Å². The predicted octanol–water partition coefficient (Wildman–Crippen LogP) is 3.52. The summed E-state index contributed by atoms with van der Waals surface area (Å²) in [6, 6.07) is 14.5. The van der Waals surface area contributed by atoms with Crippen molar-refractivity contribution < 1.29 is 14.6 Å². The molecule has 0 saturated carbocycles. The first-order chi connectivity index (χ1) is 14.1. The van der Waals surface area contributed by atoms with E-state index in [9.17, 15) is 5.11 Å². The van der Waals surface area contributed by atoms with Gasteiger partial charge in [-0.3, -0.25) is 0 Å². The summed E-state index contributed by atoms with van der Waals surface area (Å²) in [6.45, 7) is 6.75. The Morgan fingerprint density at radius 1 is 1.00 bits per heavy atom. The Morgan fingerprint density at radius 3 is 2.48 bits per heavy atom. The zero-order chi connectivity index (χ0) is 20.5. The van der Waals surface area contributed by atoms with Crippen LogP contribution in [0.3, 0.4) is 0 Å². The van der Waals surface area contributed by atoms with Crippen molar-refractivity contribution in [1.82, 2.24) is 10.2 Å². The summed E-state index contributed by atoms with van der Waals surface area (Å²) in [5.41, 5.74) is 3.67. The molecule has 0 aliphatic carbocycles. The molecule has 0 spiro atoms. The lowest BCUT2D eigenvalue weighted by molar-refractivity contribution is 0.0608. The van der Waals surface area contributed by atoms with Crippen LogP contribution in [0.2, 0.25) is 0 Å². The van der Waals surface area contributed by atoms with Crippen LogP contribution < -0.4 is 14.8 Å². The highest BCUT2D eigenvalue weighted by Gasteiger charge is 2.16. The topological polar surface area (TPSA) is 54.0 Å². The van der Waals surface area contributed by atoms with Crippen molar-refractivity contribution in [2.75, 3.05) is 33.4 Å². The van der Waals surface area contributed by atoms with Gasteiger partial charge in [0.2, 0.25) is 0 Å². The van der Waals surface area contributed by atoms with Gasteiger partial charge in [-0.05, 0) is 56.1 Å². The summed E-state index contributed by atoms with van der Waals surface area (Å²) in [6.07, 6.45) is 3.24. The molecule has 3 rings (SSSR count). The Morgan fingerprint density at radius 2 is 1.76 bits per heavy atom. The van der Waals surface area contributed by atoms with E-state index in [-0.39, 0.29) is 6.61 Å². The van der Waals surface area contributed by atoms with Crippen LogP contribution in [-0.2, 0) is 13.1 Å². The number of aliphatic hydroxyl groups excluding tert-OH is 1. The standard InChI is InChI=1S/C24H34N2O3/c1-19-7-6-8-20(13-19)15-25-16-21-9-10-23(28-2)24(14-21)29-18-22(27)17-26-11-4-3-5-12-26/h6-10,13-14,22,25,27H,3-5,11-12,15-18H2,1-2H3/t22-/m0/s1. The quantitative estimate of drug-likeness (QED) is 0.641. The Bertz CT molecular complexity index is 760. The second-order valence-electron chi connectivity index (χ2n) is 7.90. The molecule has 0 radical (unpaired) electrons. The lowest BCUT2D eigenvalue weighted by Gasteiger charge is -2.28. The van der Waals surface area contributed by atoms with Gasteiger partial charge in [0.1, 0.15) is 12.7 Å². The first-order valence-electron chi connectivity index (χ1n) is 10.6. The van der Waals surface area contributed by atoms with E-state index in [1.54, 1.807) is 7.11 Å². The van der Waals surface area contributed by atoms with Crippen molar-refractivity contribution in [3.8, 4) is 11.5 Å². The Balaban J connectivity index is 1.51.